The van der Waals surface area contributed by atoms with Crippen LogP contribution in [0.25, 0.3) is 5.69 Å². The molecule has 0 amide bonds. The van der Waals surface area contributed by atoms with Crippen LogP contribution in [0.4, 0.5) is 0 Å². The fraction of sp³-hybridized carbons (Fsp3) is 0.0909. The van der Waals surface area contributed by atoms with Gasteiger partial charge in [0.15, 0.2) is 0 Å². The van der Waals surface area contributed by atoms with Gasteiger partial charge in [0.2, 0.25) is 5.82 Å². The van der Waals surface area contributed by atoms with Gasteiger partial charge < -0.3 is 5.11 Å². The standard InChI is InChI=1S/C11H10N2O2/c1-8-4-2-3-5-9(8)13-7-6-12-10(13)11(14)15/h2-7H,1H3,(H,14,15). The highest BCUT2D eigenvalue weighted by molar-refractivity contribution is 5.84. The first-order chi connectivity index (χ1) is 7.20. The molecular formula is C11H10N2O2. The summed E-state index contributed by atoms with van der Waals surface area (Å²) in [5.74, 6) is -0.993. The number of nitrogens with zero attached hydrogens (tertiary/aromatic N) is 2. The first kappa shape index (κ1) is 9.45. The highest BCUT2D eigenvalue weighted by atomic mass is 16.4. The highest BCUT2D eigenvalue weighted by Crippen LogP contribution is 2.14. The molecule has 1 heterocycles. The number of benzene rings is 1. The Morgan fingerprint density at radius 3 is 2.80 bits per heavy atom. The van der Waals surface area contributed by atoms with Crippen LogP contribution < -0.4 is 0 Å². The fourth-order valence-corrected chi connectivity index (χ4v) is 1.49. The molecule has 0 saturated heterocycles. The molecule has 1 aromatic carbocycles. The maximum atomic E-state index is 10.9. The largest absolute Gasteiger partial charge is 0.475 e. The number of hydrogen-bond acceptors (Lipinski definition) is 2. The van der Waals surface area contributed by atoms with Gasteiger partial charge >= 0.3 is 5.97 Å². The van der Waals surface area contributed by atoms with Gasteiger partial charge in [-0.05, 0) is 18.6 Å². The van der Waals surface area contributed by atoms with Gasteiger partial charge in [-0.1, -0.05) is 18.2 Å². The Kier molecular flexibility index (Phi) is 2.25. The molecule has 0 saturated carbocycles. The van der Waals surface area contributed by atoms with Gasteiger partial charge in [-0.2, -0.15) is 0 Å². The second kappa shape index (κ2) is 3.57. The number of aromatic carboxylic acids is 1. The van der Waals surface area contributed by atoms with E-state index in [4.69, 9.17) is 5.11 Å². The molecule has 1 N–H and O–H groups in total. The summed E-state index contributed by atoms with van der Waals surface area (Å²) >= 11 is 0. The Morgan fingerprint density at radius 1 is 1.40 bits per heavy atom. The average Bonchev–Trinajstić information content (AvgIpc) is 2.67. The van der Waals surface area contributed by atoms with Crippen molar-refractivity contribution < 1.29 is 9.90 Å². The summed E-state index contributed by atoms with van der Waals surface area (Å²) in [6, 6.07) is 7.58. The van der Waals surface area contributed by atoms with E-state index in [2.05, 4.69) is 4.98 Å². The Hall–Kier alpha value is -2.10. The number of aromatic nitrogens is 2. The van der Waals surface area contributed by atoms with Crippen molar-refractivity contribution in [1.29, 1.82) is 0 Å². The Morgan fingerprint density at radius 2 is 2.13 bits per heavy atom. The molecule has 0 atom stereocenters. The van der Waals surface area contributed by atoms with Crippen LogP contribution >= 0.6 is 0 Å². The van der Waals surface area contributed by atoms with Crippen LogP contribution in [0.5, 0.6) is 0 Å². The number of rotatable bonds is 2. The van der Waals surface area contributed by atoms with E-state index in [1.54, 1.807) is 10.8 Å². The quantitative estimate of drug-likeness (QED) is 0.808. The molecule has 1 aromatic heterocycles. The molecule has 2 rings (SSSR count). The molecule has 4 heteroatoms. The summed E-state index contributed by atoms with van der Waals surface area (Å²) in [6.45, 7) is 1.93. The summed E-state index contributed by atoms with van der Waals surface area (Å²) in [5, 5.41) is 8.92. The SMILES string of the molecule is Cc1ccccc1-n1ccnc1C(=O)O. The molecule has 0 bridgehead atoms. The molecule has 2 aromatic rings. The molecule has 0 aliphatic heterocycles. The maximum absolute atomic E-state index is 10.9. The van der Waals surface area contributed by atoms with Crippen molar-refractivity contribution in [3.05, 3.63) is 48.0 Å². The third-order valence-electron chi connectivity index (χ3n) is 2.21. The summed E-state index contributed by atoms with van der Waals surface area (Å²) < 4.78 is 1.57. The van der Waals surface area contributed by atoms with Crippen LogP contribution in [0.1, 0.15) is 16.2 Å². The van der Waals surface area contributed by atoms with Gasteiger partial charge in [0.1, 0.15) is 0 Å². The van der Waals surface area contributed by atoms with E-state index >= 15 is 0 Å². The lowest BCUT2D eigenvalue weighted by Crippen LogP contribution is -2.08. The number of imidazole rings is 1. The smallest absolute Gasteiger partial charge is 0.372 e. The van der Waals surface area contributed by atoms with Crippen molar-refractivity contribution in [1.82, 2.24) is 9.55 Å². The van der Waals surface area contributed by atoms with Crippen LogP contribution in [0.2, 0.25) is 0 Å². The lowest BCUT2D eigenvalue weighted by atomic mass is 10.2. The van der Waals surface area contributed by atoms with Gasteiger partial charge in [0, 0.05) is 12.4 Å². The first-order valence-corrected chi connectivity index (χ1v) is 4.53. The zero-order valence-corrected chi connectivity index (χ0v) is 8.21. The number of para-hydroxylation sites is 1. The van der Waals surface area contributed by atoms with Crippen molar-refractivity contribution in [2.24, 2.45) is 0 Å². The van der Waals surface area contributed by atoms with E-state index in [0.29, 0.717) is 0 Å². The van der Waals surface area contributed by atoms with Crippen molar-refractivity contribution in [2.75, 3.05) is 0 Å². The predicted molar refractivity (Wildman–Crippen MR) is 55.3 cm³/mol. The third kappa shape index (κ3) is 1.61. The van der Waals surface area contributed by atoms with Gasteiger partial charge in [0.25, 0.3) is 0 Å². The molecular weight excluding hydrogens is 192 g/mol. The zero-order chi connectivity index (χ0) is 10.8. The average molecular weight is 202 g/mol. The number of hydrogen-bond donors (Lipinski definition) is 1. The zero-order valence-electron chi connectivity index (χ0n) is 8.21. The van der Waals surface area contributed by atoms with E-state index in [1.807, 2.05) is 31.2 Å². The molecule has 0 aliphatic rings. The van der Waals surface area contributed by atoms with Crippen molar-refractivity contribution in [3.63, 3.8) is 0 Å². The molecule has 0 fully saturated rings. The van der Waals surface area contributed by atoms with Crippen LogP contribution in [0.15, 0.2) is 36.7 Å². The first-order valence-electron chi connectivity index (χ1n) is 4.53. The normalized spacial score (nSPS) is 10.2. The van der Waals surface area contributed by atoms with E-state index < -0.39 is 5.97 Å². The van der Waals surface area contributed by atoms with Crippen molar-refractivity contribution >= 4 is 5.97 Å². The summed E-state index contributed by atoms with van der Waals surface area (Å²) in [4.78, 5) is 14.7. The van der Waals surface area contributed by atoms with Gasteiger partial charge in [-0.3, -0.25) is 4.57 Å². The van der Waals surface area contributed by atoms with Gasteiger partial charge in [0.05, 0.1) is 5.69 Å². The van der Waals surface area contributed by atoms with Crippen LogP contribution in [0.3, 0.4) is 0 Å². The Bertz CT molecular complexity index is 503. The second-order valence-corrected chi connectivity index (χ2v) is 3.21. The topological polar surface area (TPSA) is 55.1 Å². The molecule has 76 valence electrons. The maximum Gasteiger partial charge on any atom is 0.372 e. The molecule has 0 spiro atoms. The Labute approximate surface area is 86.8 Å². The lowest BCUT2D eigenvalue weighted by Gasteiger charge is -2.07. The minimum atomic E-state index is -1.02. The molecule has 0 unspecified atom stereocenters. The van der Waals surface area contributed by atoms with E-state index in [0.717, 1.165) is 11.3 Å². The van der Waals surface area contributed by atoms with Crippen LogP contribution in [0, 0.1) is 6.92 Å². The number of carboxylic acids is 1. The van der Waals surface area contributed by atoms with Crippen LogP contribution in [-0.2, 0) is 0 Å². The number of carbonyl (C=O) groups is 1. The summed E-state index contributed by atoms with van der Waals surface area (Å²) in [7, 11) is 0. The Balaban J connectivity index is 2.59. The third-order valence-corrected chi connectivity index (χ3v) is 2.21. The fourth-order valence-electron chi connectivity index (χ4n) is 1.49. The molecule has 15 heavy (non-hydrogen) atoms. The predicted octanol–water partition coefficient (Wildman–Crippen LogP) is 1.88. The molecule has 0 aliphatic carbocycles. The van der Waals surface area contributed by atoms with Crippen molar-refractivity contribution in [2.45, 2.75) is 6.92 Å². The molecule has 0 radical (unpaired) electrons. The number of carboxylic acid groups (broad SMARTS) is 1. The number of aryl methyl sites for hydroxylation is 1. The second-order valence-electron chi connectivity index (χ2n) is 3.21. The van der Waals surface area contributed by atoms with Crippen LogP contribution in [-0.4, -0.2) is 20.6 Å². The van der Waals surface area contributed by atoms with Gasteiger partial charge in [-0.25, -0.2) is 9.78 Å². The highest BCUT2D eigenvalue weighted by Gasteiger charge is 2.12. The van der Waals surface area contributed by atoms with Gasteiger partial charge in [-0.15, -0.1) is 0 Å². The lowest BCUT2D eigenvalue weighted by molar-refractivity contribution is 0.0681. The van der Waals surface area contributed by atoms with E-state index in [9.17, 15) is 4.79 Å². The monoisotopic (exact) mass is 202 g/mol. The summed E-state index contributed by atoms with van der Waals surface area (Å²) in [6.07, 6.45) is 3.13. The van der Waals surface area contributed by atoms with E-state index in [-0.39, 0.29) is 5.82 Å². The summed E-state index contributed by atoms with van der Waals surface area (Å²) in [5.41, 5.74) is 1.85. The van der Waals surface area contributed by atoms with E-state index in [1.165, 1.54) is 6.20 Å². The molecule has 4 nitrogen and oxygen atoms in total. The minimum absolute atomic E-state index is 0.0318. The van der Waals surface area contributed by atoms with Crippen molar-refractivity contribution in [3.8, 4) is 5.69 Å². The minimum Gasteiger partial charge on any atom is -0.475 e.